The van der Waals surface area contributed by atoms with E-state index in [1.54, 1.807) is 6.20 Å². The van der Waals surface area contributed by atoms with Gasteiger partial charge in [0.1, 0.15) is 17.7 Å². The van der Waals surface area contributed by atoms with E-state index in [-0.39, 0.29) is 5.91 Å². The monoisotopic (exact) mass is 380 g/mol. The molecule has 140 valence electrons. The minimum Gasteiger partial charge on any atom is -0.438 e. The van der Waals surface area contributed by atoms with Gasteiger partial charge in [0.05, 0.1) is 5.39 Å². The molecule has 0 bridgehead atoms. The van der Waals surface area contributed by atoms with E-state index >= 15 is 0 Å². The van der Waals surface area contributed by atoms with Crippen molar-refractivity contribution in [2.45, 2.75) is 0 Å². The summed E-state index contributed by atoms with van der Waals surface area (Å²) in [5.41, 5.74) is 2.08. The Morgan fingerprint density at radius 1 is 0.897 bits per heavy atom. The minimum atomic E-state index is -0.152. The predicted octanol–water partition coefficient (Wildman–Crippen LogP) is 5.16. The molecule has 3 aromatic carbocycles. The molecule has 0 aliphatic heterocycles. The number of fused-ring (bicyclic) bond motifs is 2. The molecular weight excluding hydrogens is 364 g/mol. The number of rotatable bonds is 4. The van der Waals surface area contributed by atoms with Crippen LogP contribution in [-0.4, -0.2) is 20.9 Å². The van der Waals surface area contributed by atoms with Crippen molar-refractivity contribution in [3.63, 3.8) is 0 Å². The van der Waals surface area contributed by atoms with Gasteiger partial charge in [0.15, 0.2) is 0 Å². The maximum absolute atomic E-state index is 12.8. The van der Waals surface area contributed by atoms with Gasteiger partial charge in [-0.25, -0.2) is 9.97 Å². The number of nitrogens with zero attached hydrogens (tertiary/aromatic N) is 2. The van der Waals surface area contributed by atoms with E-state index in [1.165, 1.54) is 6.33 Å². The van der Waals surface area contributed by atoms with Crippen LogP contribution in [0.2, 0.25) is 0 Å². The van der Waals surface area contributed by atoms with Crippen molar-refractivity contribution in [2.75, 3.05) is 5.32 Å². The van der Waals surface area contributed by atoms with Crippen LogP contribution in [0.4, 0.5) is 5.69 Å². The third kappa shape index (κ3) is 3.27. The molecule has 0 fully saturated rings. The van der Waals surface area contributed by atoms with Crippen LogP contribution in [-0.2, 0) is 0 Å². The van der Waals surface area contributed by atoms with Gasteiger partial charge in [-0.15, -0.1) is 0 Å². The zero-order chi connectivity index (χ0) is 19.6. The Balaban J connectivity index is 1.47. The topological polar surface area (TPSA) is 79.9 Å². The van der Waals surface area contributed by atoms with E-state index in [0.717, 1.165) is 27.5 Å². The number of carbonyl (C=O) groups excluding carboxylic acids is 1. The van der Waals surface area contributed by atoms with Crippen LogP contribution in [0, 0.1) is 0 Å². The summed E-state index contributed by atoms with van der Waals surface area (Å²) in [6, 6.07) is 22.5. The lowest BCUT2D eigenvalue weighted by Gasteiger charge is -2.10. The second kappa shape index (κ2) is 7.09. The molecule has 6 heteroatoms. The number of H-pyrrole nitrogens is 1. The molecular formula is C23H16N4O2. The Labute approximate surface area is 166 Å². The highest BCUT2D eigenvalue weighted by atomic mass is 16.5. The molecule has 5 aromatic rings. The van der Waals surface area contributed by atoms with E-state index < -0.39 is 0 Å². The first-order valence-corrected chi connectivity index (χ1v) is 9.13. The summed E-state index contributed by atoms with van der Waals surface area (Å²) < 4.78 is 5.98. The quantitative estimate of drug-likeness (QED) is 0.451. The lowest BCUT2D eigenvalue weighted by molar-refractivity contribution is 0.102. The van der Waals surface area contributed by atoms with Crippen LogP contribution >= 0.6 is 0 Å². The molecule has 29 heavy (non-hydrogen) atoms. The van der Waals surface area contributed by atoms with Gasteiger partial charge in [0.2, 0.25) is 5.88 Å². The van der Waals surface area contributed by atoms with Crippen LogP contribution in [0.15, 0.2) is 85.3 Å². The van der Waals surface area contributed by atoms with Crippen molar-refractivity contribution < 1.29 is 9.53 Å². The molecule has 5 rings (SSSR count). The second-order valence-corrected chi connectivity index (χ2v) is 6.53. The fraction of sp³-hybridized carbons (Fsp3) is 0. The van der Waals surface area contributed by atoms with E-state index in [9.17, 15) is 4.79 Å². The number of nitrogens with one attached hydrogen (secondary N) is 2. The highest BCUT2D eigenvalue weighted by Crippen LogP contribution is 2.30. The van der Waals surface area contributed by atoms with E-state index in [0.29, 0.717) is 17.2 Å². The van der Waals surface area contributed by atoms with Gasteiger partial charge in [0.25, 0.3) is 5.91 Å². The number of carbonyl (C=O) groups is 1. The first-order chi connectivity index (χ1) is 14.3. The standard InChI is InChI=1S/C23H16N4O2/c28-22(27-16-6-2-1-3-7-16)19-8-4-5-15-13-17(9-10-18(15)19)29-23-20-11-12-24-21(20)25-14-26-23/h1-14H,(H,27,28)(H,24,25,26). The van der Waals surface area contributed by atoms with Gasteiger partial charge >= 0.3 is 0 Å². The summed E-state index contributed by atoms with van der Waals surface area (Å²) in [6.07, 6.45) is 3.26. The maximum atomic E-state index is 12.8. The molecule has 0 radical (unpaired) electrons. The summed E-state index contributed by atoms with van der Waals surface area (Å²) in [7, 11) is 0. The fourth-order valence-corrected chi connectivity index (χ4v) is 3.28. The van der Waals surface area contributed by atoms with Crippen LogP contribution in [0.5, 0.6) is 11.6 Å². The van der Waals surface area contributed by atoms with Gasteiger partial charge in [-0.1, -0.05) is 30.3 Å². The molecule has 0 aliphatic carbocycles. The van der Waals surface area contributed by atoms with Gasteiger partial charge in [-0.05, 0) is 53.2 Å². The molecule has 1 amide bonds. The average Bonchev–Trinajstić information content (AvgIpc) is 3.24. The number of hydrogen-bond donors (Lipinski definition) is 2. The Morgan fingerprint density at radius 3 is 2.69 bits per heavy atom. The third-order valence-corrected chi connectivity index (χ3v) is 4.66. The van der Waals surface area contributed by atoms with Gasteiger partial charge in [0, 0.05) is 17.4 Å². The highest BCUT2D eigenvalue weighted by Gasteiger charge is 2.12. The van der Waals surface area contributed by atoms with Gasteiger partial charge < -0.3 is 15.0 Å². The largest absolute Gasteiger partial charge is 0.438 e. The molecule has 2 heterocycles. The zero-order valence-corrected chi connectivity index (χ0v) is 15.3. The molecule has 0 saturated heterocycles. The molecule has 0 spiro atoms. The Bertz CT molecular complexity index is 1330. The number of benzene rings is 3. The summed E-state index contributed by atoms with van der Waals surface area (Å²) in [6.45, 7) is 0. The van der Waals surface area contributed by atoms with Crippen molar-refractivity contribution >= 4 is 33.4 Å². The summed E-state index contributed by atoms with van der Waals surface area (Å²) in [4.78, 5) is 24.2. The van der Waals surface area contributed by atoms with Crippen LogP contribution in [0.3, 0.4) is 0 Å². The maximum Gasteiger partial charge on any atom is 0.256 e. The van der Waals surface area contributed by atoms with E-state index in [1.807, 2.05) is 72.8 Å². The van der Waals surface area contributed by atoms with Crippen LogP contribution < -0.4 is 10.1 Å². The second-order valence-electron chi connectivity index (χ2n) is 6.53. The van der Waals surface area contributed by atoms with Crippen molar-refractivity contribution in [1.82, 2.24) is 15.0 Å². The summed E-state index contributed by atoms with van der Waals surface area (Å²) >= 11 is 0. The van der Waals surface area contributed by atoms with E-state index in [2.05, 4.69) is 20.3 Å². The lowest BCUT2D eigenvalue weighted by Crippen LogP contribution is -2.12. The van der Waals surface area contributed by atoms with E-state index in [4.69, 9.17) is 4.74 Å². The molecule has 0 aliphatic rings. The van der Waals surface area contributed by atoms with Crippen molar-refractivity contribution in [1.29, 1.82) is 0 Å². The molecule has 0 unspecified atom stereocenters. The fourth-order valence-electron chi connectivity index (χ4n) is 3.28. The lowest BCUT2D eigenvalue weighted by atomic mass is 10.0. The molecule has 6 nitrogen and oxygen atoms in total. The van der Waals surface area contributed by atoms with Crippen molar-refractivity contribution in [2.24, 2.45) is 0 Å². The van der Waals surface area contributed by atoms with Crippen molar-refractivity contribution in [3.8, 4) is 11.6 Å². The number of anilines is 1. The third-order valence-electron chi connectivity index (χ3n) is 4.66. The molecule has 0 atom stereocenters. The summed E-state index contributed by atoms with van der Waals surface area (Å²) in [5.74, 6) is 0.966. The van der Waals surface area contributed by atoms with Gasteiger partial charge in [-0.2, -0.15) is 0 Å². The number of aromatic amines is 1. The number of hydrogen-bond acceptors (Lipinski definition) is 4. The van der Waals surface area contributed by atoms with Crippen LogP contribution in [0.1, 0.15) is 10.4 Å². The predicted molar refractivity (Wildman–Crippen MR) is 112 cm³/mol. The Kier molecular flexibility index (Phi) is 4.14. The molecule has 2 N–H and O–H groups in total. The van der Waals surface area contributed by atoms with Crippen LogP contribution in [0.25, 0.3) is 21.8 Å². The number of aromatic nitrogens is 3. The number of ether oxygens (including phenoxy) is 1. The molecule has 0 saturated carbocycles. The number of amides is 1. The van der Waals surface area contributed by atoms with Crippen molar-refractivity contribution in [3.05, 3.63) is 90.9 Å². The minimum absolute atomic E-state index is 0.152. The SMILES string of the molecule is O=C(Nc1ccccc1)c1cccc2cc(Oc3ncnc4[nH]ccc34)ccc12. The number of para-hydroxylation sites is 1. The smallest absolute Gasteiger partial charge is 0.256 e. The normalized spacial score (nSPS) is 10.9. The Morgan fingerprint density at radius 2 is 1.79 bits per heavy atom. The average molecular weight is 380 g/mol. The highest BCUT2D eigenvalue weighted by molar-refractivity contribution is 6.13. The first kappa shape index (κ1) is 16.9. The van der Waals surface area contributed by atoms with Gasteiger partial charge in [-0.3, -0.25) is 4.79 Å². The summed E-state index contributed by atoms with van der Waals surface area (Å²) in [5, 5.41) is 5.50. The Hall–Kier alpha value is -4.19. The zero-order valence-electron chi connectivity index (χ0n) is 15.3. The first-order valence-electron chi connectivity index (χ1n) is 9.13. The molecule has 2 aromatic heterocycles.